The van der Waals surface area contributed by atoms with Crippen molar-refractivity contribution in [2.24, 2.45) is 0 Å². The van der Waals surface area contributed by atoms with Crippen molar-refractivity contribution in [1.82, 2.24) is 5.32 Å². The first kappa shape index (κ1) is 18.9. The van der Waals surface area contributed by atoms with E-state index in [2.05, 4.69) is 26.6 Å². The number of hydrogen-bond acceptors (Lipinski definition) is 3. The molecule has 1 heterocycles. The molecular formula is C20H14BrClN2O3. The molecule has 5 nitrogen and oxygen atoms in total. The Bertz CT molecular complexity index is 1000. The van der Waals surface area contributed by atoms with Gasteiger partial charge in [-0.3, -0.25) is 9.59 Å². The molecule has 3 aromatic rings. The van der Waals surface area contributed by atoms with Crippen molar-refractivity contribution in [3.8, 4) is 0 Å². The summed E-state index contributed by atoms with van der Waals surface area (Å²) in [5, 5.41) is 5.80. The number of amides is 2. The molecule has 0 saturated heterocycles. The minimum atomic E-state index is -0.525. The highest BCUT2D eigenvalue weighted by molar-refractivity contribution is 9.10. The highest BCUT2D eigenvalue weighted by atomic mass is 79.9. The smallest absolute Gasteiger partial charge is 0.291 e. The molecule has 7 heteroatoms. The Morgan fingerprint density at radius 2 is 1.85 bits per heavy atom. The second-order valence-electron chi connectivity index (χ2n) is 5.51. The van der Waals surface area contributed by atoms with E-state index in [1.54, 1.807) is 36.4 Å². The number of nitrogens with one attached hydrogen (secondary N) is 2. The summed E-state index contributed by atoms with van der Waals surface area (Å²) in [6.45, 7) is 0. The molecule has 0 aliphatic heterocycles. The average molecular weight is 446 g/mol. The number of anilines is 1. The molecule has 0 aliphatic rings. The Morgan fingerprint density at radius 1 is 1.04 bits per heavy atom. The Hall–Kier alpha value is -2.83. The van der Waals surface area contributed by atoms with Crippen molar-refractivity contribution in [3.05, 3.63) is 93.4 Å². The SMILES string of the molecule is O=C(Nc1cccc(Cl)c1)/C(=C/c1cccc(Br)c1)NC(=O)c1ccco1. The van der Waals surface area contributed by atoms with Crippen LogP contribution in [0, 0.1) is 0 Å². The van der Waals surface area contributed by atoms with Gasteiger partial charge in [-0.1, -0.05) is 45.7 Å². The largest absolute Gasteiger partial charge is 0.459 e. The molecule has 0 saturated carbocycles. The van der Waals surface area contributed by atoms with Crippen molar-refractivity contribution in [2.75, 3.05) is 5.32 Å². The number of halogens is 2. The third kappa shape index (κ3) is 5.32. The molecule has 0 aliphatic carbocycles. The lowest BCUT2D eigenvalue weighted by atomic mass is 10.2. The maximum Gasteiger partial charge on any atom is 0.291 e. The maximum atomic E-state index is 12.7. The first-order valence-corrected chi connectivity index (χ1v) is 9.07. The van der Waals surface area contributed by atoms with Crippen LogP contribution < -0.4 is 10.6 Å². The summed E-state index contributed by atoms with van der Waals surface area (Å²) in [5.74, 6) is -0.912. The van der Waals surface area contributed by atoms with E-state index in [-0.39, 0.29) is 11.5 Å². The van der Waals surface area contributed by atoms with Crippen LogP contribution in [-0.4, -0.2) is 11.8 Å². The first-order chi connectivity index (χ1) is 13.0. The van der Waals surface area contributed by atoms with Crippen LogP contribution in [0.5, 0.6) is 0 Å². The number of carbonyl (C=O) groups excluding carboxylic acids is 2. The molecule has 2 amide bonds. The van der Waals surface area contributed by atoms with E-state index in [1.807, 2.05) is 24.3 Å². The van der Waals surface area contributed by atoms with Crippen molar-refractivity contribution in [3.63, 3.8) is 0 Å². The predicted molar refractivity (Wildman–Crippen MR) is 108 cm³/mol. The van der Waals surface area contributed by atoms with Crippen LogP contribution in [0.25, 0.3) is 6.08 Å². The Balaban J connectivity index is 1.88. The summed E-state index contributed by atoms with van der Waals surface area (Å²) < 4.78 is 5.93. The second kappa shape index (κ2) is 8.70. The zero-order valence-corrected chi connectivity index (χ0v) is 16.3. The van der Waals surface area contributed by atoms with Crippen LogP contribution in [0.15, 0.2) is 81.5 Å². The van der Waals surface area contributed by atoms with Crippen LogP contribution in [-0.2, 0) is 4.79 Å². The van der Waals surface area contributed by atoms with Gasteiger partial charge in [0.15, 0.2) is 5.76 Å². The third-order valence-electron chi connectivity index (χ3n) is 3.48. The highest BCUT2D eigenvalue weighted by Crippen LogP contribution is 2.17. The molecule has 0 spiro atoms. The molecule has 3 rings (SSSR count). The van der Waals surface area contributed by atoms with Crippen LogP contribution in [0.4, 0.5) is 5.69 Å². The zero-order valence-electron chi connectivity index (χ0n) is 13.9. The molecule has 0 bridgehead atoms. The Morgan fingerprint density at radius 3 is 2.56 bits per heavy atom. The van der Waals surface area contributed by atoms with E-state index >= 15 is 0 Å². The number of benzene rings is 2. The van der Waals surface area contributed by atoms with Crippen LogP contribution in [0.3, 0.4) is 0 Å². The number of carbonyl (C=O) groups is 2. The fourth-order valence-electron chi connectivity index (χ4n) is 2.28. The monoisotopic (exact) mass is 444 g/mol. The van der Waals surface area contributed by atoms with Crippen molar-refractivity contribution in [1.29, 1.82) is 0 Å². The van der Waals surface area contributed by atoms with E-state index in [1.165, 1.54) is 12.3 Å². The predicted octanol–water partition coefficient (Wildman–Crippen LogP) is 5.11. The summed E-state index contributed by atoms with van der Waals surface area (Å²) in [4.78, 5) is 25.1. The topological polar surface area (TPSA) is 71.3 Å². The summed E-state index contributed by atoms with van der Waals surface area (Å²) in [6.07, 6.45) is 2.96. The molecule has 2 N–H and O–H groups in total. The van der Waals surface area contributed by atoms with Gasteiger partial charge < -0.3 is 15.1 Å². The molecule has 0 fully saturated rings. The minimum Gasteiger partial charge on any atom is -0.459 e. The van der Waals surface area contributed by atoms with Gasteiger partial charge in [0.1, 0.15) is 5.70 Å². The molecule has 1 aromatic heterocycles. The van der Waals surface area contributed by atoms with Gasteiger partial charge in [0.05, 0.1) is 6.26 Å². The summed E-state index contributed by atoms with van der Waals surface area (Å²) in [5.41, 5.74) is 1.31. The minimum absolute atomic E-state index is 0.0643. The normalized spacial score (nSPS) is 11.1. The molecule has 27 heavy (non-hydrogen) atoms. The first-order valence-electron chi connectivity index (χ1n) is 7.90. The van der Waals surface area contributed by atoms with Gasteiger partial charge >= 0.3 is 0 Å². The molecule has 136 valence electrons. The summed E-state index contributed by atoms with van der Waals surface area (Å²) >= 11 is 9.34. The second-order valence-corrected chi connectivity index (χ2v) is 6.86. The highest BCUT2D eigenvalue weighted by Gasteiger charge is 2.16. The van der Waals surface area contributed by atoms with E-state index in [0.717, 1.165) is 10.0 Å². The Labute approximate surface area is 169 Å². The molecule has 2 aromatic carbocycles. The number of hydrogen-bond donors (Lipinski definition) is 2. The lowest BCUT2D eigenvalue weighted by Gasteiger charge is -2.11. The zero-order chi connectivity index (χ0) is 19.2. The van der Waals surface area contributed by atoms with Gasteiger partial charge in [0.2, 0.25) is 0 Å². The summed E-state index contributed by atoms with van der Waals surface area (Å²) in [7, 11) is 0. The molecule has 0 atom stereocenters. The maximum absolute atomic E-state index is 12.7. The van der Waals surface area contributed by atoms with Crippen molar-refractivity contribution >= 4 is 51.1 Å². The standard InChI is InChI=1S/C20H14BrClN2O3/c21-14-5-1-4-13(10-14)11-17(24-20(26)18-8-3-9-27-18)19(25)23-16-7-2-6-15(22)12-16/h1-12H,(H,23,25)(H,24,26)/b17-11-. The molecule has 0 radical (unpaired) electrons. The van der Waals surface area contributed by atoms with Gasteiger partial charge in [0.25, 0.3) is 11.8 Å². The van der Waals surface area contributed by atoms with E-state index in [4.69, 9.17) is 16.0 Å². The van der Waals surface area contributed by atoms with Crippen LogP contribution >= 0.6 is 27.5 Å². The van der Waals surface area contributed by atoms with Crippen LogP contribution in [0.1, 0.15) is 16.1 Å². The molecule has 0 unspecified atom stereocenters. The van der Waals surface area contributed by atoms with Gasteiger partial charge in [0, 0.05) is 15.2 Å². The lowest BCUT2D eigenvalue weighted by molar-refractivity contribution is -0.113. The quantitative estimate of drug-likeness (QED) is 0.536. The molecular weight excluding hydrogens is 432 g/mol. The average Bonchev–Trinajstić information content (AvgIpc) is 3.16. The van der Waals surface area contributed by atoms with Crippen LogP contribution in [0.2, 0.25) is 5.02 Å². The van der Waals surface area contributed by atoms with Gasteiger partial charge in [-0.2, -0.15) is 0 Å². The van der Waals surface area contributed by atoms with Crippen molar-refractivity contribution in [2.45, 2.75) is 0 Å². The fraction of sp³-hybridized carbons (Fsp3) is 0. The number of furan rings is 1. The van der Waals surface area contributed by atoms with E-state index < -0.39 is 11.8 Å². The summed E-state index contributed by atoms with van der Waals surface area (Å²) in [6, 6.07) is 17.2. The van der Waals surface area contributed by atoms with E-state index in [9.17, 15) is 9.59 Å². The van der Waals surface area contributed by atoms with E-state index in [0.29, 0.717) is 10.7 Å². The van der Waals surface area contributed by atoms with Gasteiger partial charge in [-0.15, -0.1) is 0 Å². The lowest BCUT2D eigenvalue weighted by Crippen LogP contribution is -2.30. The van der Waals surface area contributed by atoms with Gasteiger partial charge in [-0.05, 0) is 54.1 Å². The fourth-order valence-corrected chi connectivity index (χ4v) is 2.89. The number of rotatable bonds is 5. The van der Waals surface area contributed by atoms with Crippen molar-refractivity contribution < 1.29 is 14.0 Å². The van der Waals surface area contributed by atoms with Gasteiger partial charge in [-0.25, -0.2) is 0 Å². The third-order valence-corrected chi connectivity index (χ3v) is 4.21. The Kier molecular flexibility index (Phi) is 6.11.